The highest BCUT2D eigenvalue weighted by atomic mass is 79.9. The highest BCUT2D eigenvalue weighted by Crippen LogP contribution is 2.33. The third-order valence-electron chi connectivity index (χ3n) is 2.04. The number of halogens is 2. The number of hydrogen-bond acceptors (Lipinski definition) is 3. The Bertz CT molecular complexity index is 369. The van der Waals surface area contributed by atoms with Crippen molar-refractivity contribution >= 4 is 15.9 Å². The molecule has 0 aliphatic carbocycles. The van der Waals surface area contributed by atoms with Gasteiger partial charge >= 0.3 is 0 Å². The number of rotatable bonds is 3. The lowest BCUT2D eigenvalue weighted by Gasteiger charge is -2.15. The number of aryl methyl sites for hydroxylation is 1. The molecule has 1 aromatic carbocycles. The van der Waals surface area contributed by atoms with Crippen molar-refractivity contribution in [2.24, 2.45) is 0 Å². The molecule has 3 nitrogen and oxygen atoms in total. The summed E-state index contributed by atoms with van der Waals surface area (Å²) in [6.45, 7) is 1.75. The molecule has 5 heteroatoms. The predicted octanol–water partition coefficient (Wildman–Crippen LogP) is 2.73. The summed E-state index contributed by atoms with van der Waals surface area (Å²) in [6, 6.07) is 1.65. The van der Waals surface area contributed by atoms with E-state index in [2.05, 4.69) is 15.9 Å². The average Bonchev–Trinajstić information content (AvgIpc) is 2.13. The summed E-state index contributed by atoms with van der Waals surface area (Å²) in [5.41, 5.74) is 0.855. The topological polar surface area (TPSA) is 32.7 Å². The van der Waals surface area contributed by atoms with Crippen molar-refractivity contribution in [2.45, 2.75) is 13.5 Å². The fourth-order valence-electron chi connectivity index (χ4n) is 1.39. The summed E-state index contributed by atoms with van der Waals surface area (Å²) >= 11 is 3.29. The maximum absolute atomic E-state index is 13.8. The zero-order valence-corrected chi connectivity index (χ0v) is 10.4. The highest BCUT2D eigenvalue weighted by molar-refractivity contribution is 9.10. The average molecular weight is 278 g/mol. The lowest BCUT2D eigenvalue weighted by molar-refractivity contribution is -0.0742. The van der Waals surface area contributed by atoms with Crippen molar-refractivity contribution in [1.29, 1.82) is 0 Å². The van der Waals surface area contributed by atoms with E-state index in [4.69, 9.17) is 9.94 Å². The van der Waals surface area contributed by atoms with Crippen molar-refractivity contribution in [3.63, 3.8) is 0 Å². The molecule has 1 rings (SSSR count). The minimum Gasteiger partial charge on any atom is -0.495 e. The van der Waals surface area contributed by atoms with Gasteiger partial charge in [-0.05, 0) is 34.5 Å². The Morgan fingerprint density at radius 2 is 2.20 bits per heavy atom. The van der Waals surface area contributed by atoms with Gasteiger partial charge in [0, 0.05) is 12.6 Å². The Labute approximate surface area is 96.5 Å². The van der Waals surface area contributed by atoms with Crippen LogP contribution < -0.4 is 4.74 Å². The van der Waals surface area contributed by atoms with Gasteiger partial charge in [0.05, 0.1) is 18.1 Å². The van der Waals surface area contributed by atoms with Crippen LogP contribution in [0.25, 0.3) is 0 Å². The van der Waals surface area contributed by atoms with Crippen LogP contribution in [0, 0.1) is 12.7 Å². The van der Waals surface area contributed by atoms with E-state index in [-0.39, 0.29) is 12.4 Å². The van der Waals surface area contributed by atoms with E-state index in [1.165, 1.54) is 14.2 Å². The number of nitrogens with zero attached hydrogens (tertiary/aromatic N) is 1. The van der Waals surface area contributed by atoms with E-state index in [0.29, 0.717) is 21.3 Å². The van der Waals surface area contributed by atoms with Gasteiger partial charge in [0.1, 0.15) is 11.6 Å². The van der Waals surface area contributed by atoms with Gasteiger partial charge in [-0.1, -0.05) is 0 Å². The van der Waals surface area contributed by atoms with E-state index in [9.17, 15) is 4.39 Å². The predicted molar refractivity (Wildman–Crippen MR) is 58.6 cm³/mol. The zero-order valence-electron chi connectivity index (χ0n) is 8.84. The molecule has 0 aliphatic rings. The smallest absolute Gasteiger partial charge is 0.140 e. The molecule has 0 unspecified atom stereocenters. The fraction of sp³-hybridized carbons (Fsp3) is 0.400. The number of ether oxygens (including phenoxy) is 1. The molecule has 0 saturated carbocycles. The SMILES string of the molecule is COc1c(Br)cc(C)c(F)c1CN(C)O. The second-order valence-electron chi connectivity index (χ2n) is 3.32. The van der Waals surface area contributed by atoms with E-state index in [1.54, 1.807) is 13.0 Å². The summed E-state index contributed by atoms with van der Waals surface area (Å²) in [6.07, 6.45) is 0. The van der Waals surface area contributed by atoms with Crippen LogP contribution in [0.15, 0.2) is 10.5 Å². The van der Waals surface area contributed by atoms with Crippen molar-refractivity contribution in [3.8, 4) is 5.75 Å². The van der Waals surface area contributed by atoms with Crippen molar-refractivity contribution < 1.29 is 14.3 Å². The molecule has 0 amide bonds. The monoisotopic (exact) mass is 277 g/mol. The van der Waals surface area contributed by atoms with Gasteiger partial charge in [-0.15, -0.1) is 0 Å². The van der Waals surface area contributed by atoms with Gasteiger partial charge in [-0.25, -0.2) is 4.39 Å². The molecule has 0 heterocycles. The third-order valence-corrected chi connectivity index (χ3v) is 2.63. The van der Waals surface area contributed by atoms with Crippen LogP contribution in [-0.2, 0) is 6.54 Å². The summed E-state index contributed by atoms with van der Waals surface area (Å²) in [7, 11) is 2.92. The Morgan fingerprint density at radius 1 is 1.60 bits per heavy atom. The van der Waals surface area contributed by atoms with Crippen LogP contribution >= 0.6 is 15.9 Å². The van der Waals surface area contributed by atoms with Crippen molar-refractivity contribution in [1.82, 2.24) is 5.06 Å². The minimum atomic E-state index is -0.351. The standard InChI is InChI=1S/C10H13BrFNO2/c1-6-4-8(11)10(15-3)7(9(6)12)5-13(2)14/h4,14H,5H2,1-3H3. The summed E-state index contributed by atoms with van der Waals surface area (Å²) in [4.78, 5) is 0. The van der Waals surface area contributed by atoms with Gasteiger partial charge in [-0.3, -0.25) is 0 Å². The second kappa shape index (κ2) is 4.92. The zero-order chi connectivity index (χ0) is 11.6. The summed E-state index contributed by atoms with van der Waals surface area (Å²) in [5, 5.41) is 10.0. The molecule has 0 aromatic heterocycles. The first-order chi connectivity index (χ1) is 6.97. The molecule has 0 aliphatic heterocycles. The molecule has 0 fully saturated rings. The largest absolute Gasteiger partial charge is 0.495 e. The number of hydroxylamine groups is 2. The first-order valence-corrected chi connectivity index (χ1v) is 5.18. The van der Waals surface area contributed by atoms with E-state index in [0.717, 1.165) is 5.06 Å². The van der Waals surface area contributed by atoms with Gasteiger partial charge in [-0.2, -0.15) is 5.06 Å². The first kappa shape index (κ1) is 12.4. The molecular weight excluding hydrogens is 265 g/mol. The Balaban J connectivity index is 3.30. The lowest BCUT2D eigenvalue weighted by atomic mass is 10.1. The molecule has 0 saturated heterocycles. The molecule has 0 radical (unpaired) electrons. The fourth-order valence-corrected chi connectivity index (χ4v) is 2.14. The molecule has 1 N–H and O–H groups in total. The number of methoxy groups -OCH3 is 1. The normalized spacial score (nSPS) is 10.9. The minimum absolute atomic E-state index is 0.0787. The summed E-state index contributed by atoms with van der Waals surface area (Å²) in [5.74, 6) is 0.0648. The molecule has 1 aromatic rings. The van der Waals surface area contributed by atoms with Crippen LogP contribution in [-0.4, -0.2) is 24.4 Å². The number of benzene rings is 1. The van der Waals surface area contributed by atoms with Crippen LogP contribution in [0.5, 0.6) is 5.75 Å². The van der Waals surface area contributed by atoms with Crippen LogP contribution in [0.4, 0.5) is 4.39 Å². The quantitative estimate of drug-likeness (QED) is 0.863. The molecule has 0 spiro atoms. The van der Waals surface area contributed by atoms with E-state index in [1.807, 2.05) is 0 Å². The maximum atomic E-state index is 13.8. The van der Waals surface area contributed by atoms with Crippen LogP contribution in [0.2, 0.25) is 0 Å². The van der Waals surface area contributed by atoms with Gasteiger partial charge in [0.2, 0.25) is 0 Å². The molecule has 0 atom stereocenters. The first-order valence-electron chi connectivity index (χ1n) is 4.38. The highest BCUT2D eigenvalue weighted by Gasteiger charge is 2.16. The maximum Gasteiger partial charge on any atom is 0.140 e. The van der Waals surface area contributed by atoms with E-state index < -0.39 is 0 Å². The molecular formula is C10H13BrFNO2. The number of hydrogen-bond donors (Lipinski definition) is 1. The Morgan fingerprint density at radius 3 is 2.67 bits per heavy atom. The van der Waals surface area contributed by atoms with Crippen molar-refractivity contribution in [2.75, 3.05) is 14.2 Å². The second-order valence-corrected chi connectivity index (χ2v) is 4.17. The van der Waals surface area contributed by atoms with E-state index >= 15 is 0 Å². The molecule has 15 heavy (non-hydrogen) atoms. The van der Waals surface area contributed by atoms with Gasteiger partial charge in [0.15, 0.2) is 0 Å². The molecule has 0 bridgehead atoms. The van der Waals surface area contributed by atoms with Gasteiger partial charge < -0.3 is 9.94 Å². The summed E-state index contributed by atoms with van der Waals surface area (Å²) < 4.78 is 19.5. The molecule has 84 valence electrons. The van der Waals surface area contributed by atoms with Crippen LogP contribution in [0.1, 0.15) is 11.1 Å². The van der Waals surface area contributed by atoms with Gasteiger partial charge in [0.25, 0.3) is 0 Å². The lowest BCUT2D eigenvalue weighted by Crippen LogP contribution is -2.14. The Kier molecular flexibility index (Phi) is 4.07. The third kappa shape index (κ3) is 2.68. The van der Waals surface area contributed by atoms with Crippen molar-refractivity contribution in [3.05, 3.63) is 27.5 Å². The van der Waals surface area contributed by atoms with Crippen LogP contribution in [0.3, 0.4) is 0 Å². The Hall–Kier alpha value is -0.650.